The van der Waals surface area contributed by atoms with Gasteiger partial charge in [-0.05, 0) is 11.0 Å². The lowest BCUT2D eigenvalue weighted by molar-refractivity contribution is -0.144. The summed E-state index contributed by atoms with van der Waals surface area (Å²) >= 11 is 0. The third kappa shape index (κ3) is 3.32. The van der Waals surface area contributed by atoms with Gasteiger partial charge >= 0.3 is 5.97 Å². The second kappa shape index (κ2) is 5.01. The van der Waals surface area contributed by atoms with Crippen LogP contribution in [-0.4, -0.2) is 5.97 Å². The molecule has 0 N–H and O–H groups in total. The van der Waals surface area contributed by atoms with Crippen molar-refractivity contribution in [2.24, 2.45) is 0 Å². The van der Waals surface area contributed by atoms with Crippen LogP contribution in [-0.2, 0) is 14.9 Å². The Morgan fingerprint density at radius 3 is 2.41 bits per heavy atom. The van der Waals surface area contributed by atoms with E-state index in [2.05, 4.69) is 20.8 Å². The molecule has 0 bridgehead atoms. The molecule has 1 atom stereocenters. The predicted molar refractivity (Wildman–Crippen MR) is 65.3 cm³/mol. The summed E-state index contributed by atoms with van der Waals surface area (Å²) in [4.78, 5) is 11.0. The fourth-order valence-corrected chi connectivity index (χ4v) is 1.73. The van der Waals surface area contributed by atoms with Crippen LogP contribution in [0.3, 0.4) is 0 Å². The first-order valence-corrected chi connectivity index (χ1v) is 5.52. The number of nitrogens with zero attached hydrogens (tertiary/aromatic N) is 1. The van der Waals surface area contributed by atoms with E-state index in [9.17, 15) is 4.79 Å². The number of nitriles is 1. The Bertz CT molecular complexity index is 452. The first-order valence-electron chi connectivity index (χ1n) is 5.52. The number of hydrogen-bond acceptors (Lipinski definition) is 3. The first kappa shape index (κ1) is 13.2. The minimum absolute atomic E-state index is 0.0914. The van der Waals surface area contributed by atoms with Crippen LogP contribution in [0.2, 0.25) is 0 Å². The van der Waals surface area contributed by atoms with E-state index in [0.717, 1.165) is 11.1 Å². The summed E-state index contributed by atoms with van der Waals surface area (Å²) in [5, 5.41) is 9.09. The molecule has 90 valence electrons. The molecule has 0 heterocycles. The smallest absolute Gasteiger partial charge is 0.304 e. The summed E-state index contributed by atoms with van der Waals surface area (Å²) in [7, 11) is 0. The number of carbonyl (C=O) groups excluding carboxylic acids is 1. The SMILES string of the molecule is CC(=O)O[C@H](C#N)c1ccccc1C(C)(C)C. The van der Waals surface area contributed by atoms with Crippen molar-refractivity contribution in [1.29, 1.82) is 5.26 Å². The highest BCUT2D eigenvalue weighted by Crippen LogP contribution is 2.30. The summed E-state index contributed by atoms with van der Waals surface area (Å²) in [5.41, 5.74) is 1.69. The number of hydrogen-bond donors (Lipinski definition) is 0. The maximum Gasteiger partial charge on any atom is 0.304 e. The van der Waals surface area contributed by atoms with Gasteiger partial charge in [0.05, 0.1) is 0 Å². The first-order chi connectivity index (χ1) is 7.86. The van der Waals surface area contributed by atoms with Crippen molar-refractivity contribution in [3.63, 3.8) is 0 Å². The van der Waals surface area contributed by atoms with E-state index < -0.39 is 12.1 Å². The molecular formula is C14H17NO2. The van der Waals surface area contributed by atoms with Crippen LogP contribution < -0.4 is 0 Å². The highest BCUT2D eigenvalue weighted by Gasteiger charge is 2.23. The van der Waals surface area contributed by atoms with E-state index in [1.165, 1.54) is 6.92 Å². The zero-order valence-electron chi connectivity index (χ0n) is 10.7. The maximum atomic E-state index is 11.0. The summed E-state index contributed by atoms with van der Waals surface area (Å²) in [5.74, 6) is -0.444. The molecule has 0 saturated heterocycles. The minimum atomic E-state index is -0.831. The van der Waals surface area contributed by atoms with E-state index in [1.54, 1.807) is 0 Å². The summed E-state index contributed by atoms with van der Waals surface area (Å²) in [6.45, 7) is 7.50. The predicted octanol–water partition coefficient (Wildman–Crippen LogP) is 3.11. The molecule has 0 amide bonds. The molecule has 0 aliphatic carbocycles. The third-order valence-electron chi connectivity index (χ3n) is 2.45. The van der Waals surface area contributed by atoms with E-state index in [0.29, 0.717) is 0 Å². The van der Waals surface area contributed by atoms with Gasteiger partial charge in [0.25, 0.3) is 0 Å². The number of carbonyl (C=O) groups is 1. The zero-order chi connectivity index (χ0) is 13.1. The molecule has 0 aliphatic rings. The highest BCUT2D eigenvalue weighted by molar-refractivity contribution is 5.66. The maximum absolute atomic E-state index is 11.0. The van der Waals surface area contributed by atoms with Gasteiger partial charge in [-0.15, -0.1) is 0 Å². The molecule has 1 aromatic rings. The fourth-order valence-electron chi connectivity index (χ4n) is 1.73. The van der Waals surface area contributed by atoms with E-state index in [-0.39, 0.29) is 5.41 Å². The monoisotopic (exact) mass is 231 g/mol. The number of esters is 1. The molecule has 0 aliphatic heterocycles. The van der Waals surface area contributed by atoms with Crippen LogP contribution in [0, 0.1) is 11.3 Å². The largest absolute Gasteiger partial charge is 0.442 e. The van der Waals surface area contributed by atoms with Crippen LogP contribution in [0.1, 0.15) is 44.9 Å². The van der Waals surface area contributed by atoms with Crippen LogP contribution in [0.4, 0.5) is 0 Å². The Balaban J connectivity index is 3.21. The summed E-state index contributed by atoms with van der Waals surface area (Å²) < 4.78 is 5.02. The van der Waals surface area contributed by atoms with Crippen molar-refractivity contribution in [2.45, 2.75) is 39.2 Å². The van der Waals surface area contributed by atoms with Crippen LogP contribution in [0.15, 0.2) is 24.3 Å². The Morgan fingerprint density at radius 1 is 1.35 bits per heavy atom. The van der Waals surface area contributed by atoms with Crippen molar-refractivity contribution in [3.8, 4) is 6.07 Å². The van der Waals surface area contributed by atoms with Crippen LogP contribution >= 0.6 is 0 Å². The molecule has 1 aromatic carbocycles. The topological polar surface area (TPSA) is 50.1 Å². The summed E-state index contributed by atoms with van der Waals surface area (Å²) in [6.07, 6.45) is -0.831. The number of ether oxygens (including phenoxy) is 1. The average Bonchev–Trinajstić information content (AvgIpc) is 2.24. The van der Waals surface area contributed by atoms with Crippen molar-refractivity contribution in [1.82, 2.24) is 0 Å². The molecule has 0 spiro atoms. The van der Waals surface area contributed by atoms with E-state index >= 15 is 0 Å². The van der Waals surface area contributed by atoms with Crippen molar-refractivity contribution in [3.05, 3.63) is 35.4 Å². The van der Waals surface area contributed by atoms with Crippen molar-refractivity contribution >= 4 is 5.97 Å². The molecule has 3 nitrogen and oxygen atoms in total. The second-order valence-electron chi connectivity index (χ2n) is 4.96. The molecule has 3 heteroatoms. The molecule has 0 saturated carbocycles. The van der Waals surface area contributed by atoms with E-state index in [4.69, 9.17) is 10.00 Å². The lowest BCUT2D eigenvalue weighted by Crippen LogP contribution is -2.17. The molecular weight excluding hydrogens is 214 g/mol. The standard InChI is InChI=1S/C14H17NO2/c1-10(16)17-13(9-15)11-7-5-6-8-12(11)14(2,3)4/h5-8,13H,1-4H3/t13-/m1/s1. The molecule has 0 aromatic heterocycles. The van der Waals surface area contributed by atoms with Crippen molar-refractivity contribution < 1.29 is 9.53 Å². The van der Waals surface area contributed by atoms with Gasteiger partial charge in [-0.3, -0.25) is 4.79 Å². The van der Waals surface area contributed by atoms with Crippen LogP contribution in [0.5, 0.6) is 0 Å². The Hall–Kier alpha value is -1.82. The van der Waals surface area contributed by atoms with E-state index in [1.807, 2.05) is 30.3 Å². The quantitative estimate of drug-likeness (QED) is 0.735. The van der Waals surface area contributed by atoms with Crippen LogP contribution in [0.25, 0.3) is 0 Å². The number of benzene rings is 1. The van der Waals surface area contributed by atoms with Gasteiger partial charge in [0, 0.05) is 12.5 Å². The Labute approximate surface area is 102 Å². The van der Waals surface area contributed by atoms with Crippen molar-refractivity contribution in [2.75, 3.05) is 0 Å². The lowest BCUT2D eigenvalue weighted by atomic mass is 9.82. The van der Waals surface area contributed by atoms with Gasteiger partial charge in [-0.2, -0.15) is 5.26 Å². The molecule has 0 unspecified atom stereocenters. The number of rotatable bonds is 2. The normalized spacial score (nSPS) is 12.6. The minimum Gasteiger partial charge on any atom is -0.442 e. The molecule has 1 rings (SSSR count). The van der Waals surface area contributed by atoms with Gasteiger partial charge < -0.3 is 4.74 Å². The molecule has 0 radical (unpaired) electrons. The average molecular weight is 231 g/mol. The second-order valence-corrected chi connectivity index (χ2v) is 4.96. The van der Waals surface area contributed by atoms with Gasteiger partial charge in [0.15, 0.2) is 0 Å². The Kier molecular flexibility index (Phi) is 3.90. The third-order valence-corrected chi connectivity index (χ3v) is 2.45. The molecule has 0 fully saturated rings. The van der Waals surface area contributed by atoms with Gasteiger partial charge in [-0.25, -0.2) is 0 Å². The lowest BCUT2D eigenvalue weighted by Gasteiger charge is -2.24. The fraction of sp³-hybridized carbons (Fsp3) is 0.429. The summed E-state index contributed by atoms with van der Waals surface area (Å²) in [6, 6.07) is 9.58. The highest BCUT2D eigenvalue weighted by atomic mass is 16.5. The van der Waals surface area contributed by atoms with Gasteiger partial charge in [0.1, 0.15) is 6.07 Å². The molecule has 17 heavy (non-hydrogen) atoms. The zero-order valence-corrected chi connectivity index (χ0v) is 10.7. The van der Waals surface area contributed by atoms with Gasteiger partial charge in [0.2, 0.25) is 6.10 Å². The Morgan fingerprint density at radius 2 is 1.94 bits per heavy atom. The van der Waals surface area contributed by atoms with Gasteiger partial charge in [-0.1, -0.05) is 45.0 Å².